The molecule has 1 saturated carbocycles. The smallest absolute Gasteiger partial charge is 0.0208 e. The van der Waals surface area contributed by atoms with Crippen molar-refractivity contribution in [2.75, 3.05) is 6.54 Å². The average Bonchev–Trinajstić information content (AvgIpc) is 2.76. The highest BCUT2D eigenvalue weighted by Crippen LogP contribution is 2.30. The van der Waals surface area contributed by atoms with Crippen LogP contribution >= 0.6 is 0 Å². The molecule has 1 fully saturated rings. The first kappa shape index (κ1) is 12.6. The van der Waals surface area contributed by atoms with Gasteiger partial charge < -0.3 is 5.32 Å². The number of nitrogens with one attached hydrogen (secondary N) is 1. The second kappa shape index (κ2) is 6.20. The number of aryl methyl sites for hydroxylation is 1. The highest BCUT2D eigenvalue weighted by Gasteiger charge is 2.22. The molecule has 1 aliphatic rings. The molecule has 0 aromatic heterocycles. The summed E-state index contributed by atoms with van der Waals surface area (Å²) in [6.07, 6.45) is 5.41. The lowest BCUT2D eigenvalue weighted by molar-refractivity contribution is 0.392. The lowest BCUT2D eigenvalue weighted by Crippen LogP contribution is -2.24. The summed E-state index contributed by atoms with van der Waals surface area (Å²) in [6, 6.07) is 8.79. The van der Waals surface area contributed by atoms with E-state index in [0.29, 0.717) is 0 Å². The van der Waals surface area contributed by atoms with E-state index >= 15 is 0 Å². The Morgan fingerprint density at radius 2 is 1.94 bits per heavy atom. The van der Waals surface area contributed by atoms with Crippen molar-refractivity contribution in [3.8, 4) is 0 Å². The summed E-state index contributed by atoms with van der Waals surface area (Å²) in [5.41, 5.74) is 2.96. The van der Waals surface area contributed by atoms with Gasteiger partial charge in [-0.05, 0) is 42.3 Å². The average molecular weight is 231 g/mol. The van der Waals surface area contributed by atoms with Gasteiger partial charge in [0.15, 0.2) is 0 Å². The van der Waals surface area contributed by atoms with Gasteiger partial charge in [-0.3, -0.25) is 0 Å². The lowest BCUT2D eigenvalue weighted by Gasteiger charge is -2.16. The maximum atomic E-state index is 3.65. The molecule has 0 saturated heterocycles. The fraction of sp³-hybridized carbons (Fsp3) is 0.625. The number of hydrogen-bond acceptors (Lipinski definition) is 1. The zero-order valence-corrected chi connectivity index (χ0v) is 11.2. The largest absolute Gasteiger partial charge is 0.312 e. The molecule has 0 bridgehead atoms. The number of benzene rings is 1. The summed E-state index contributed by atoms with van der Waals surface area (Å²) in [5, 5.41) is 3.65. The van der Waals surface area contributed by atoms with Crippen LogP contribution in [-0.2, 0) is 13.0 Å². The summed E-state index contributed by atoms with van der Waals surface area (Å²) in [6.45, 7) is 6.86. The Kier molecular flexibility index (Phi) is 4.61. The quantitative estimate of drug-likeness (QED) is 0.813. The monoisotopic (exact) mass is 231 g/mol. The molecule has 17 heavy (non-hydrogen) atoms. The molecule has 1 aliphatic carbocycles. The highest BCUT2D eigenvalue weighted by atomic mass is 14.9. The van der Waals surface area contributed by atoms with E-state index in [1.54, 1.807) is 0 Å². The van der Waals surface area contributed by atoms with Crippen molar-refractivity contribution in [1.82, 2.24) is 5.32 Å². The maximum absolute atomic E-state index is 3.65. The van der Waals surface area contributed by atoms with E-state index in [1.165, 1.54) is 36.9 Å². The summed E-state index contributed by atoms with van der Waals surface area (Å²) in [4.78, 5) is 0. The van der Waals surface area contributed by atoms with Crippen LogP contribution in [0.5, 0.6) is 0 Å². The SMILES string of the molecule is CCc1ccccc1CNCC1CCCC1C. The number of rotatable bonds is 5. The molecule has 94 valence electrons. The van der Waals surface area contributed by atoms with Crippen molar-refractivity contribution in [1.29, 1.82) is 0 Å². The van der Waals surface area contributed by atoms with Gasteiger partial charge in [-0.25, -0.2) is 0 Å². The van der Waals surface area contributed by atoms with E-state index in [9.17, 15) is 0 Å². The predicted molar refractivity (Wildman–Crippen MR) is 74.0 cm³/mol. The van der Waals surface area contributed by atoms with Crippen LogP contribution < -0.4 is 5.32 Å². The van der Waals surface area contributed by atoms with Crippen LogP contribution in [0, 0.1) is 11.8 Å². The van der Waals surface area contributed by atoms with Crippen molar-refractivity contribution in [2.24, 2.45) is 11.8 Å². The molecular formula is C16H25N. The molecule has 2 atom stereocenters. The Hall–Kier alpha value is -0.820. The molecule has 2 rings (SSSR count). The maximum Gasteiger partial charge on any atom is 0.0208 e. The normalized spacial score (nSPS) is 24.1. The lowest BCUT2D eigenvalue weighted by atomic mass is 9.98. The van der Waals surface area contributed by atoms with Gasteiger partial charge in [0.1, 0.15) is 0 Å². The van der Waals surface area contributed by atoms with E-state index in [-0.39, 0.29) is 0 Å². The molecule has 0 radical (unpaired) electrons. The van der Waals surface area contributed by atoms with Gasteiger partial charge in [-0.2, -0.15) is 0 Å². The Morgan fingerprint density at radius 3 is 2.59 bits per heavy atom. The highest BCUT2D eigenvalue weighted by molar-refractivity contribution is 5.26. The van der Waals surface area contributed by atoms with E-state index in [0.717, 1.165) is 24.8 Å². The van der Waals surface area contributed by atoms with Crippen LogP contribution in [0.25, 0.3) is 0 Å². The Labute approximate surface area is 106 Å². The van der Waals surface area contributed by atoms with Gasteiger partial charge in [0, 0.05) is 6.54 Å². The van der Waals surface area contributed by atoms with Crippen molar-refractivity contribution in [3.63, 3.8) is 0 Å². The zero-order chi connectivity index (χ0) is 12.1. The van der Waals surface area contributed by atoms with Crippen LogP contribution in [0.1, 0.15) is 44.2 Å². The van der Waals surface area contributed by atoms with Gasteiger partial charge in [-0.1, -0.05) is 51.0 Å². The molecule has 1 heteroatoms. The first-order chi connectivity index (χ1) is 8.31. The standard InChI is InChI=1S/C16H25N/c1-3-14-8-4-5-9-16(14)12-17-11-15-10-6-7-13(15)2/h4-5,8-9,13,15,17H,3,6-7,10-12H2,1-2H3. The first-order valence-corrected chi connectivity index (χ1v) is 7.08. The van der Waals surface area contributed by atoms with E-state index in [2.05, 4.69) is 43.4 Å². The molecule has 1 N–H and O–H groups in total. The first-order valence-electron chi connectivity index (χ1n) is 7.08. The van der Waals surface area contributed by atoms with Gasteiger partial charge in [-0.15, -0.1) is 0 Å². The minimum absolute atomic E-state index is 0.906. The van der Waals surface area contributed by atoms with E-state index in [4.69, 9.17) is 0 Å². The molecule has 0 amide bonds. The van der Waals surface area contributed by atoms with Crippen LogP contribution in [0.2, 0.25) is 0 Å². The molecule has 0 heterocycles. The minimum Gasteiger partial charge on any atom is -0.312 e. The summed E-state index contributed by atoms with van der Waals surface area (Å²) in [7, 11) is 0. The molecule has 1 aromatic rings. The van der Waals surface area contributed by atoms with Crippen LogP contribution in [0.4, 0.5) is 0 Å². The molecule has 2 unspecified atom stereocenters. The third-order valence-corrected chi connectivity index (χ3v) is 4.26. The van der Waals surface area contributed by atoms with Gasteiger partial charge >= 0.3 is 0 Å². The Balaban J connectivity index is 1.81. The van der Waals surface area contributed by atoms with Crippen molar-refractivity contribution in [3.05, 3.63) is 35.4 Å². The van der Waals surface area contributed by atoms with E-state index < -0.39 is 0 Å². The van der Waals surface area contributed by atoms with Crippen molar-refractivity contribution in [2.45, 2.75) is 46.1 Å². The van der Waals surface area contributed by atoms with Crippen LogP contribution in [0.15, 0.2) is 24.3 Å². The van der Waals surface area contributed by atoms with Gasteiger partial charge in [0.2, 0.25) is 0 Å². The van der Waals surface area contributed by atoms with Crippen molar-refractivity contribution >= 4 is 0 Å². The van der Waals surface area contributed by atoms with E-state index in [1.807, 2.05) is 0 Å². The minimum atomic E-state index is 0.906. The van der Waals surface area contributed by atoms with Gasteiger partial charge in [0.05, 0.1) is 0 Å². The fourth-order valence-corrected chi connectivity index (χ4v) is 2.99. The summed E-state index contributed by atoms with van der Waals surface area (Å²) in [5.74, 6) is 1.83. The fourth-order valence-electron chi connectivity index (χ4n) is 2.99. The molecule has 1 aromatic carbocycles. The molecule has 0 spiro atoms. The third kappa shape index (κ3) is 3.32. The topological polar surface area (TPSA) is 12.0 Å². The summed E-state index contributed by atoms with van der Waals surface area (Å²) < 4.78 is 0. The number of hydrogen-bond donors (Lipinski definition) is 1. The third-order valence-electron chi connectivity index (χ3n) is 4.26. The molecular weight excluding hydrogens is 206 g/mol. The van der Waals surface area contributed by atoms with Gasteiger partial charge in [0.25, 0.3) is 0 Å². The zero-order valence-electron chi connectivity index (χ0n) is 11.2. The van der Waals surface area contributed by atoms with Crippen LogP contribution in [0.3, 0.4) is 0 Å². The Bertz CT molecular complexity index is 345. The van der Waals surface area contributed by atoms with Crippen molar-refractivity contribution < 1.29 is 0 Å². The molecule has 1 nitrogen and oxygen atoms in total. The molecule has 0 aliphatic heterocycles. The Morgan fingerprint density at radius 1 is 1.18 bits per heavy atom. The second-order valence-corrected chi connectivity index (χ2v) is 5.42. The summed E-state index contributed by atoms with van der Waals surface area (Å²) >= 11 is 0. The second-order valence-electron chi connectivity index (χ2n) is 5.42. The predicted octanol–water partition coefficient (Wildman–Crippen LogP) is 3.77. The van der Waals surface area contributed by atoms with Crippen LogP contribution in [-0.4, -0.2) is 6.54 Å².